The number of benzene rings is 1. The lowest BCUT2D eigenvalue weighted by molar-refractivity contribution is -0.134. The van der Waals surface area contributed by atoms with Crippen molar-refractivity contribution in [2.45, 2.75) is 0 Å². The molecule has 0 aliphatic heterocycles. The molecule has 2 aromatic rings. The third-order valence-corrected chi connectivity index (χ3v) is 2.65. The summed E-state index contributed by atoms with van der Waals surface area (Å²) in [5, 5.41) is 10.3. The van der Waals surface area contributed by atoms with Gasteiger partial charge in [0.15, 0.2) is 0 Å². The van der Waals surface area contributed by atoms with E-state index in [1.165, 1.54) is 32.4 Å². The Morgan fingerprint density at radius 3 is 2.70 bits per heavy atom. The molecule has 0 fully saturated rings. The maximum Gasteiger partial charge on any atom is 0.347 e. The number of phenols is 1. The van der Waals surface area contributed by atoms with Crippen LogP contribution >= 0.6 is 0 Å². The van der Waals surface area contributed by atoms with Gasteiger partial charge in [-0.2, -0.15) is 0 Å². The molecular formula is C14H12O6. The fourth-order valence-corrected chi connectivity index (χ4v) is 1.72. The van der Waals surface area contributed by atoms with Crippen molar-refractivity contribution in [1.29, 1.82) is 0 Å². The van der Waals surface area contributed by atoms with Crippen LogP contribution in [0.4, 0.5) is 0 Å². The molecular weight excluding hydrogens is 264 g/mol. The maximum absolute atomic E-state index is 11.8. The Bertz CT molecular complexity index is 741. The first-order valence-electron chi connectivity index (χ1n) is 5.66. The zero-order valence-electron chi connectivity index (χ0n) is 10.9. The molecule has 0 spiro atoms. The van der Waals surface area contributed by atoms with Crippen molar-refractivity contribution < 1.29 is 23.8 Å². The first kappa shape index (κ1) is 13.7. The number of methoxy groups -OCH3 is 2. The first-order chi connectivity index (χ1) is 9.55. The quantitative estimate of drug-likeness (QED) is 0.678. The summed E-state index contributed by atoms with van der Waals surface area (Å²) < 4.78 is 14.4. The fourth-order valence-electron chi connectivity index (χ4n) is 1.72. The van der Waals surface area contributed by atoms with Gasteiger partial charge in [-0.05, 0) is 18.2 Å². The monoisotopic (exact) mass is 276 g/mol. The van der Waals surface area contributed by atoms with Crippen LogP contribution in [0.3, 0.4) is 0 Å². The van der Waals surface area contributed by atoms with Gasteiger partial charge in [0.2, 0.25) is 0 Å². The van der Waals surface area contributed by atoms with E-state index in [4.69, 9.17) is 9.15 Å². The number of rotatable bonds is 3. The van der Waals surface area contributed by atoms with E-state index in [1.54, 1.807) is 6.07 Å². The molecule has 1 heterocycles. The summed E-state index contributed by atoms with van der Waals surface area (Å²) >= 11 is 0. The van der Waals surface area contributed by atoms with Gasteiger partial charge in [0.1, 0.15) is 22.6 Å². The Balaban J connectivity index is 2.59. The number of hydrogen-bond acceptors (Lipinski definition) is 6. The molecule has 0 saturated heterocycles. The summed E-state index contributed by atoms with van der Waals surface area (Å²) in [6.45, 7) is 0. The number of carbonyl (C=O) groups is 1. The number of ether oxygens (including phenoxy) is 2. The minimum atomic E-state index is -0.702. The third kappa shape index (κ3) is 2.64. The molecule has 1 N–H and O–H groups in total. The molecule has 6 heteroatoms. The molecule has 2 rings (SSSR count). The van der Waals surface area contributed by atoms with Gasteiger partial charge in [-0.3, -0.25) is 0 Å². The zero-order chi connectivity index (χ0) is 14.7. The van der Waals surface area contributed by atoms with Crippen LogP contribution in [0.1, 0.15) is 5.76 Å². The largest absolute Gasteiger partial charge is 0.507 e. The van der Waals surface area contributed by atoms with Crippen molar-refractivity contribution in [1.82, 2.24) is 0 Å². The second kappa shape index (κ2) is 5.48. The van der Waals surface area contributed by atoms with Crippen molar-refractivity contribution in [3.05, 3.63) is 40.5 Å². The minimum absolute atomic E-state index is 0.0565. The van der Waals surface area contributed by atoms with E-state index in [0.29, 0.717) is 11.1 Å². The molecule has 0 unspecified atom stereocenters. The van der Waals surface area contributed by atoms with Crippen LogP contribution in [0.15, 0.2) is 33.5 Å². The van der Waals surface area contributed by atoms with Gasteiger partial charge in [0.05, 0.1) is 14.2 Å². The van der Waals surface area contributed by atoms with Crippen molar-refractivity contribution in [2.75, 3.05) is 14.2 Å². The van der Waals surface area contributed by atoms with Crippen LogP contribution < -0.4 is 10.4 Å². The molecule has 0 amide bonds. The second-order valence-electron chi connectivity index (χ2n) is 3.90. The van der Waals surface area contributed by atoms with E-state index in [1.807, 2.05) is 0 Å². The lowest BCUT2D eigenvalue weighted by Gasteiger charge is -2.04. The van der Waals surface area contributed by atoms with Crippen LogP contribution in [0.2, 0.25) is 0 Å². The average Bonchev–Trinajstić information content (AvgIpc) is 2.43. The molecule has 1 aromatic carbocycles. The summed E-state index contributed by atoms with van der Waals surface area (Å²) in [5.41, 5.74) is -0.702. The van der Waals surface area contributed by atoms with E-state index in [0.717, 1.165) is 6.08 Å². The van der Waals surface area contributed by atoms with E-state index < -0.39 is 11.6 Å². The minimum Gasteiger partial charge on any atom is -0.507 e. The molecule has 0 bridgehead atoms. The Hall–Kier alpha value is -2.76. The summed E-state index contributed by atoms with van der Waals surface area (Å²) in [6.07, 6.45) is 2.44. The SMILES string of the molecule is COC(=O)/C=C/c1cc2cc(OC)cc(O)c2c(=O)o1. The summed E-state index contributed by atoms with van der Waals surface area (Å²) in [5.74, 6) is -0.220. The molecule has 0 radical (unpaired) electrons. The smallest absolute Gasteiger partial charge is 0.347 e. The predicted octanol–water partition coefficient (Wildman–Crippen LogP) is 1.69. The highest BCUT2D eigenvalue weighted by molar-refractivity contribution is 5.90. The van der Waals surface area contributed by atoms with Gasteiger partial charge in [-0.15, -0.1) is 0 Å². The normalized spacial score (nSPS) is 10.9. The number of aromatic hydroxyl groups is 1. The fraction of sp³-hybridized carbons (Fsp3) is 0.143. The third-order valence-electron chi connectivity index (χ3n) is 2.65. The highest BCUT2D eigenvalue weighted by atomic mass is 16.5. The van der Waals surface area contributed by atoms with Gasteiger partial charge in [-0.25, -0.2) is 9.59 Å². The lowest BCUT2D eigenvalue weighted by Crippen LogP contribution is -2.01. The van der Waals surface area contributed by atoms with Crippen LogP contribution in [0.5, 0.6) is 11.5 Å². The van der Waals surface area contributed by atoms with Gasteiger partial charge in [0, 0.05) is 17.5 Å². The van der Waals surface area contributed by atoms with E-state index in [-0.39, 0.29) is 16.9 Å². The zero-order valence-corrected chi connectivity index (χ0v) is 10.9. The first-order valence-corrected chi connectivity index (χ1v) is 5.66. The molecule has 1 aromatic heterocycles. The Kier molecular flexibility index (Phi) is 3.74. The van der Waals surface area contributed by atoms with Crippen molar-refractivity contribution in [2.24, 2.45) is 0 Å². The van der Waals surface area contributed by atoms with Gasteiger partial charge in [-0.1, -0.05) is 0 Å². The van der Waals surface area contributed by atoms with Gasteiger partial charge in [0.25, 0.3) is 0 Å². The molecule has 104 valence electrons. The van der Waals surface area contributed by atoms with E-state index >= 15 is 0 Å². The highest BCUT2D eigenvalue weighted by Crippen LogP contribution is 2.28. The highest BCUT2D eigenvalue weighted by Gasteiger charge is 2.10. The number of carbonyl (C=O) groups excluding carboxylic acids is 1. The van der Waals surface area contributed by atoms with Crippen molar-refractivity contribution in [3.8, 4) is 11.5 Å². The number of hydrogen-bond donors (Lipinski definition) is 1. The van der Waals surface area contributed by atoms with E-state index in [9.17, 15) is 14.7 Å². The number of phenolic OH excluding ortho intramolecular Hbond substituents is 1. The maximum atomic E-state index is 11.8. The van der Waals surface area contributed by atoms with Gasteiger partial charge < -0.3 is 19.0 Å². The predicted molar refractivity (Wildman–Crippen MR) is 71.8 cm³/mol. The van der Waals surface area contributed by atoms with Gasteiger partial charge >= 0.3 is 11.6 Å². The molecule has 0 atom stereocenters. The van der Waals surface area contributed by atoms with Crippen molar-refractivity contribution in [3.63, 3.8) is 0 Å². The topological polar surface area (TPSA) is 86.0 Å². The number of esters is 1. The molecule has 0 saturated carbocycles. The average molecular weight is 276 g/mol. The Morgan fingerprint density at radius 2 is 2.05 bits per heavy atom. The summed E-state index contributed by atoms with van der Waals surface area (Å²) in [6, 6.07) is 4.42. The lowest BCUT2D eigenvalue weighted by atomic mass is 10.1. The Morgan fingerprint density at radius 1 is 1.30 bits per heavy atom. The number of fused-ring (bicyclic) bond motifs is 1. The van der Waals surface area contributed by atoms with Crippen LogP contribution in [-0.2, 0) is 9.53 Å². The van der Waals surface area contributed by atoms with Crippen LogP contribution in [0.25, 0.3) is 16.8 Å². The van der Waals surface area contributed by atoms with E-state index in [2.05, 4.69) is 4.74 Å². The van der Waals surface area contributed by atoms with Crippen LogP contribution in [0, 0.1) is 0 Å². The standard InChI is InChI=1S/C14H12O6/c1-18-10-6-8-5-9(3-4-12(16)19-2)20-14(17)13(8)11(15)7-10/h3-7,15H,1-2H3/b4-3+. The second-order valence-corrected chi connectivity index (χ2v) is 3.90. The molecule has 20 heavy (non-hydrogen) atoms. The Labute approximate surface area is 113 Å². The molecule has 0 aliphatic rings. The molecule has 6 nitrogen and oxygen atoms in total. The van der Waals surface area contributed by atoms with Crippen molar-refractivity contribution >= 4 is 22.8 Å². The van der Waals surface area contributed by atoms with Crippen LogP contribution in [-0.4, -0.2) is 25.3 Å². The summed E-state index contributed by atoms with van der Waals surface area (Å²) in [7, 11) is 2.69. The summed E-state index contributed by atoms with van der Waals surface area (Å²) in [4.78, 5) is 22.8. The molecule has 0 aliphatic carbocycles.